The Kier molecular flexibility index (Phi) is 6.99. The topological polar surface area (TPSA) is 130 Å². The molecule has 1 aromatic heterocycles. The number of nitrogens with one attached hydrogen (secondary N) is 3. The zero-order chi connectivity index (χ0) is 23.0. The lowest BCUT2D eigenvalue weighted by Gasteiger charge is -2.10. The van der Waals surface area contributed by atoms with E-state index in [2.05, 4.69) is 58.7 Å². The van der Waals surface area contributed by atoms with Crippen molar-refractivity contribution in [1.82, 2.24) is 15.0 Å². The Morgan fingerprint density at radius 2 is 1.36 bits per heavy atom. The number of nitro benzene ring substituents is 1. The molecule has 0 spiro atoms. The van der Waals surface area contributed by atoms with Crippen LogP contribution in [0.5, 0.6) is 0 Å². The molecule has 33 heavy (non-hydrogen) atoms. The molecule has 0 atom stereocenters. The van der Waals surface area contributed by atoms with E-state index in [1.807, 2.05) is 54.6 Å². The number of hydrogen-bond acceptors (Lipinski definition) is 9. The Morgan fingerprint density at radius 3 is 2.00 bits per heavy atom. The lowest BCUT2D eigenvalue weighted by Crippen LogP contribution is -2.07. The zero-order valence-corrected chi connectivity index (χ0v) is 19.2. The summed E-state index contributed by atoms with van der Waals surface area (Å²) in [5, 5.41) is 21.3. The molecule has 164 valence electrons. The van der Waals surface area contributed by atoms with Crippen LogP contribution in [-0.4, -0.2) is 26.1 Å². The molecule has 0 bridgehead atoms. The summed E-state index contributed by atoms with van der Waals surface area (Å²) in [7, 11) is 0. The van der Waals surface area contributed by atoms with Crippen LogP contribution in [0.4, 0.5) is 34.9 Å². The first-order valence-corrected chi connectivity index (χ1v) is 10.8. The van der Waals surface area contributed by atoms with E-state index in [1.54, 1.807) is 18.3 Å². The molecule has 0 saturated heterocycles. The van der Waals surface area contributed by atoms with Crippen LogP contribution in [-0.2, 0) is 0 Å². The molecule has 3 N–H and O–H groups in total. The molecule has 4 rings (SSSR count). The van der Waals surface area contributed by atoms with Gasteiger partial charge in [0.1, 0.15) is 0 Å². The molecule has 1 heterocycles. The van der Waals surface area contributed by atoms with E-state index in [0.29, 0.717) is 11.6 Å². The van der Waals surface area contributed by atoms with Crippen LogP contribution in [0.25, 0.3) is 0 Å². The first-order valence-electron chi connectivity index (χ1n) is 9.70. The van der Waals surface area contributed by atoms with Crippen molar-refractivity contribution in [1.29, 1.82) is 0 Å². The Bertz CT molecular complexity index is 1280. The van der Waals surface area contributed by atoms with Gasteiger partial charge in [0.25, 0.3) is 5.69 Å². The van der Waals surface area contributed by atoms with Crippen LogP contribution >= 0.6 is 22.6 Å². The summed E-state index contributed by atoms with van der Waals surface area (Å²) in [6.45, 7) is 0. The van der Waals surface area contributed by atoms with Crippen molar-refractivity contribution < 1.29 is 4.92 Å². The third-order valence-corrected chi connectivity index (χ3v) is 5.26. The number of rotatable bonds is 8. The smallest absolute Gasteiger partial charge is 0.269 e. The fourth-order valence-corrected chi connectivity index (χ4v) is 3.25. The number of hydrogen-bond donors (Lipinski definition) is 3. The van der Waals surface area contributed by atoms with Crippen molar-refractivity contribution in [3.05, 3.63) is 98.1 Å². The minimum absolute atomic E-state index is 0.00475. The standard InChI is InChI=1S/C22H17IN8O2/c23-19-9-5-4-6-15(19)14-24-30-22-28-20(25-16-7-2-1-3-8-16)27-21(29-22)26-17-10-12-18(13-11-17)31(32)33/h1-14H,(H3,25,26,27,28,29,30)/b24-14-. The number of non-ortho nitro benzene ring substituents is 1. The Hall–Kier alpha value is -4.13. The van der Waals surface area contributed by atoms with E-state index >= 15 is 0 Å². The molecule has 3 aromatic carbocycles. The second-order valence-electron chi connectivity index (χ2n) is 6.62. The van der Waals surface area contributed by atoms with Crippen LogP contribution in [0, 0.1) is 13.7 Å². The SMILES string of the molecule is O=[N+]([O-])c1ccc(Nc2nc(N/N=C\c3ccccc3I)nc(Nc3ccccc3)n2)cc1. The average molecular weight is 552 g/mol. The highest BCUT2D eigenvalue weighted by Crippen LogP contribution is 2.21. The number of nitrogens with zero attached hydrogens (tertiary/aromatic N) is 5. The molecule has 0 unspecified atom stereocenters. The number of para-hydroxylation sites is 1. The predicted molar refractivity (Wildman–Crippen MR) is 136 cm³/mol. The molecule has 0 aliphatic carbocycles. The van der Waals surface area contributed by atoms with Gasteiger partial charge in [-0.15, -0.1) is 0 Å². The van der Waals surface area contributed by atoms with Gasteiger partial charge in [-0.25, -0.2) is 5.43 Å². The largest absolute Gasteiger partial charge is 0.324 e. The van der Waals surface area contributed by atoms with Gasteiger partial charge in [-0.05, 0) is 52.9 Å². The second-order valence-corrected chi connectivity index (χ2v) is 7.78. The normalized spacial score (nSPS) is 10.7. The Morgan fingerprint density at radius 1 is 0.788 bits per heavy atom. The summed E-state index contributed by atoms with van der Waals surface area (Å²) in [5.41, 5.74) is 5.17. The highest BCUT2D eigenvalue weighted by Gasteiger charge is 2.09. The van der Waals surface area contributed by atoms with E-state index in [9.17, 15) is 10.1 Å². The molecule has 0 fully saturated rings. The summed E-state index contributed by atoms with van der Waals surface area (Å²) >= 11 is 2.23. The van der Waals surface area contributed by atoms with Crippen molar-refractivity contribution in [2.45, 2.75) is 0 Å². The number of halogens is 1. The minimum Gasteiger partial charge on any atom is -0.324 e. The zero-order valence-electron chi connectivity index (χ0n) is 17.0. The van der Waals surface area contributed by atoms with E-state index in [4.69, 9.17) is 0 Å². The maximum absolute atomic E-state index is 10.9. The molecule has 0 amide bonds. The molecular formula is C22H17IN8O2. The van der Waals surface area contributed by atoms with Gasteiger partial charge in [0, 0.05) is 32.6 Å². The third-order valence-electron chi connectivity index (χ3n) is 4.27. The van der Waals surface area contributed by atoms with Crippen LogP contribution in [0.15, 0.2) is 84.0 Å². The lowest BCUT2D eigenvalue weighted by atomic mass is 10.2. The van der Waals surface area contributed by atoms with Gasteiger partial charge in [-0.1, -0.05) is 36.4 Å². The van der Waals surface area contributed by atoms with Crippen molar-refractivity contribution in [3.8, 4) is 0 Å². The monoisotopic (exact) mass is 552 g/mol. The van der Waals surface area contributed by atoms with Gasteiger partial charge >= 0.3 is 0 Å². The third kappa shape index (κ3) is 6.20. The molecule has 11 heteroatoms. The summed E-state index contributed by atoms with van der Waals surface area (Å²) in [4.78, 5) is 23.5. The molecule has 0 saturated carbocycles. The number of benzene rings is 3. The van der Waals surface area contributed by atoms with Crippen molar-refractivity contribution in [2.24, 2.45) is 5.10 Å². The van der Waals surface area contributed by atoms with E-state index < -0.39 is 4.92 Å². The van der Waals surface area contributed by atoms with Crippen LogP contribution in [0.3, 0.4) is 0 Å². The Balaban J connectivity index is 1.58. The van der Waals surface area contributed by atoms with Crippen LogP contribution in [0.2, 0.25) is 0 Å². The fourth-order valence-electron chi connectivity index (χ4n) is 2.72. The fraction of sp³-hybridized carbons (Fsp3) is 0. The highest BCUT2D eigenvalue weighted by atomic mass is 127. The molecule has 4 aromatic rings. The number of anilines is 5. The van der Waals surface area contributed by atoms with Crippen LogP contribution in [0.1, 0.15) is 5.56 Å². The maximum atomic E-state index is 10.9. The van der Waals surface area contributed by atoms with Gasteiger partial charge < -0.3 is 10.6 Å². The molecule has 0 aliphatic heterocycles. The number of nitro groups is 1. The van der Waals surface area contributed by atoms with Crippen molar-refractivity contribution in [3.63, 3.8) is 0 Å². The van der Waals surface area contributed by atoms with Gasteiger partial charge in [-0.2, -0.15) is 20.1 Å². The van der Waals surface area contributed by atoms with Gasteiger partial charge in [0.05, 0.1) is 11.1 Å². The first-order chi connectivity index (χ1) is 16.1. The van der Waals surface area contributed by atoms with Gasteiger partial charge in [0.15, 0.2) is 0 Å². The van der Waals surface area contributed by atoms with Gasteiger partial charge in [-0.3, -0.25) is 10.1 Å². The molecule has 10 nitrogen and oxygen atoms in total. The quantitative estimate of drug-likeness (QED) is 0.116. The van der Waals surface area contributed by atoms with Crippen molar-refractivity contribution >= 4 is 63.7 Å². The van der Waals surface area contributed by atoms with E-state index in [-0.39, 0.29) is 17.6 Å². The molecular weight excluding hydrogens is 535 g/mol. The van der Waals surface area contributed by atoms with Crippen LogP contribution < -0.4 is 16.1 Å². The second kappa shape index (κ2) is 10.5. The summed E-state index contributed by atoms with van der Waals surface area (Å²) in [6, 6.07) is 23.2. The average Bonchev–Trinajstić information content (AvgIpc) is 2.81. The lowest BCUT2D eigenvalue weighted by molar-refractivity contribution is -0.384. The Labute approximate surface area is 202 Å². The summed E-state index contributed by atoms with van der Waals surface area (Å²) in [5.74, 6) is 0.756. The van der Waals surface area contributed by atoms with Crippen molar-refractivity contribution in [2.75, 3.05) is 16.1 Å². The minimum atomic E-state index is -0.456. The molecule has 0 aliphatic rings. The summed E-state index contributed by atoms with van der Waals surface area (Å²) in [6.07, 6.45) is 1.68. The van der Waals surface area contributed by atoms with Gasteiger partial charge in [0.2, 0.25) is 17.8 Å². The number of aromatic nitrogens is 3. The predicted octanol–water partition coefficient (Wildman–Crippen LogP) is 5.32. The first kappa shape index (κ1) is 22.1. The maximum Gasteiger partial charge on any atom is 0.269 e. The van der Waals surface area contributed by atoms with E-state index in [1.165, 1.54) is 12.1 Å². The molecule has 0 radical (unpaired) electrons. The number of hydrazone groups is 1. The summed E-state index contributed by atoms with van der Waals surface area (Å²) < 4.78 is 1.06. The highest BCUT2D eigenvalue weighted by molar-refractivity contribution is 14.1. The van der Waals surface area contributed by atoms with E-state index in [0.717, 1.165) is 14.8 Å².